The number of nitrogens with one attached hydrogen (secondary N) is 1. The average molecular weight is 194 g/mol. The molecular formula is C10H18N4. The summed E-state index contributed by atoms with van der Waals surface area (Å²) in [4.78, 5) is 0. The van der Waals surface area contributed by atoms with E-state index in [4.69, 9.17) is 5.84 Å². The van der Waals surface area contributed by atoms with Gasteiger partial charge in [-0.15, -0.1) is 6.58 Å². The van der Waals surface area contributed by atoms with Gasteiger partial charge in [-0.25, -0.2) is 0 Å². The lowest BCUT2D eigenvalue weighted by atomic mass is 10.1. The SMILES string of the molecule is C=CCCC(NN)c1cc(C)nn1C. The van der Waals surface area contributed by atoms with Crippen molar-refractivity contribution in [2.24, 2.45) is 12.9 Å². The van der Waals surface area contributed by atoms with Gasteiger partial charge in [-0.3, -0.25) is 16.0 Å². The lowest BCUT2D eigenvalue weighted by Gasteiger charge is -2.14. The van der Waals surface area contributed by atoms with E-state index in [-0.39, 0.29) is 6.04 Å². The number of aryl methyl sites for hydroxylation is 2. The molecule has 0 bridgehead atoms. The van der Waals surface area contributed by atoms with Crippen molar-refractivity contribution in [2.75, 3.05) is 0 Å². The van der Waals surface area contributed by atoms with E-state index < -0.39 is 0 Å². The summed E-state index contributed by atoms with van der Waals surface area (Å²) in [5.41, 5.74) is 4.93. The van der Waals surface area contributed by atoms with Crippen LogP contribution in [-0.2, 0) is 7.05 Å². The van der Waals surface area contributed by atoms with Crippen LogP contribution in [0.5, 0.6) is 0 Å². The number of hydrazine groups is 1. The van der Waals surface area contributed by atoms with E-state index in [0.29, 0.717) is 0 Å². The van der Waals surface area contributed by atoms with E-state index in [2.05, 4.69) is 17.1 Å². The molecule has 4 heteroatoms. The summed E-state index contributed by atoms with van der Waals surface area (Å²) >= 11 is 0. The Morgan fingerprint density at radius 1 is 1.79 bits per heavy atom. The zero-order valence-corrected chi connectivity index (χ0v) is 8.83. The van der Waals surface area contributed by atoms with E-state index in [0.717, 1.165) is 24.2 Å². The van der Waals surface area contributed by atoms with Crippen molar-refractivity contribution in [3.05, 3.63) is 30.1 Å². The van der Waals surface area contributed by atoms with Crippen molar-refractivity contribution in [2.45, 2.75) is 25.8 Å². The molecule has 0 saturated heterocycles. The maximum absolute atomic E-state index is 5.50. The lowest BCUT2D eigenvalue weighted by Crippen LogP contribution is -2.29. The summed E-state index contributed by atoms with van der Waals surface area (Å²) in [6.45, 7) is 5.67. The van der Waals surface area contributed by atoms with Gasteiger partial charge in [0.1, 0.15) is 0 Å². The standard InChI is InChI=1S/C10H18N4/c1-4-5-6-9(12-11)10-7-8(2)13-14(10)3/h4,7,9,12H,1,5-6,11H2,2-3H3. The summed E-state index contributed by atoms with van der Waals surface area (Å²) in [5.74, 6) is 5.50. The second kappa shape index (κ2) is 4.93. The second-order valence-corrected chi connectivity index (χ2v) is 3.42. The number of hydrogen-bond donors (Lipinski definition) is 2. The van der Waals surface area contributed by atoms with Crippen molar-refractivity contribution in [3.63, 3.8) is 0 Å². The molecule has 0 amide bonds. The summed E-state index contributed by atoms with van der Waals surface area (Å²) in [6, 6.07) is 2.20. The Kier molecular flexibility index (Phi) is 3.85. The Bertz CT molecular complexity index is 303. The molecule has 1 aromatic heterocycles. The van der Waals surface area contributed by atoms with Crippen LogP contribution in [0.4, 0.5) is 0 Å². The van der Waals surface area contributed by atoms with Gasteiger partial charge in [0, 0.05) is 7.05 Å². The summed E-state index contributed by atoms with van der Waals surface area (Å²) in [5, 5.41) is 4.28. The van der Waals surface area contributed by atoms with Crippen LogP contribution in [0.3, 0.4) is 0 Å². The molecular weight excluding hydrogens is 176 g/mol. The summed E-state index contributed by atoms with van der Waals surface area (Å²) < 4.78 is 1.86. The zero-order valence-electron chi connectivity index (χ0n) is 8.83. The maximum Gasteiger partial charge on any atom is 0.0632 e. The monoisotopic (exact) mass is 194 g/mol. The molecule has 0 radical (unpaired) electrons. The van der Waals surface area contributed by atoms with Crippen molar-refractivity contribution in [1.82, 2.24) is 15.2 Å². The molecule has 0 fully saturated rings. The van der Waals surface area contributed by atoms with Crippen molar-refractivity contribution in [3.8, 4) is 0 Å². The fraction of sp³-hybridized carbons (Fsp3) is 0.500. The van der Waals surface area contributed by atoms with Gasteiger partial charge >= 0.3 is 0 Å². The van der Waals surface area contributed by atoms with E-state index >= 15 is 0 Å². The number of nitrogens with zero attached hydrogens (tertiary/aromatic N) is 2. The third-order valence-corrected chi connectivity index (χ3v) is 2.26. The summed E-state index contributed by atoms with van der Waals surface area (Å²) in [6.07, 6.45) is 3.78. The fourth-order valence-electron chi connectivity index (χ4n) is 1.56. The fourth-order valence-corrected chi connectivity index (χ4v) is 1.56. The molecule has 1 atom stereocenters. The highest BCUT2D eigenvalue weighted by Crippen LogP contribution is 2.17. The minimum atomic E-state index is 0.152. The normalized spacial score (nSPS) is 12.8. The van der Waals surface area contributed by atoms with Gasteiger partial charge in [0.15, 0.2) is 0 Å². The minimum absolute atomic E-state index is 0.152. The number of nitrogens with two attached hydrogens (primary N) is 1. The summed E-state index contributed by atoms with van der Waals surface area (Å²) in [7, 11) is 1.93. The van der Waals surface area contributed by atoms with E-state index in [1.54, 1.807) is 0 Å². The number of aromatic nitrogens is 2. The molecule has 1 rings (SSSR count). The van der Waals surface area contributed by atoms with Gasteiger partial charge in [0.05, 0.1) is 17.4 Å². The molecule has 4 nitrogen and oxygen atoms in total. The Hall–Kier alpha value is -1.13. The Morgan fingerprint density at radius 3 is 2.93 bits per heavy atom. The van der Waals surface area contributed by atoms with Crippen LogP contribution in [0.1, 0.15) is 30.3 Å². The largest absolute Gasteiger partial charge is 0.271 e. The number of allylic oxidation sites excluding steroid dienone is 1. The predicted molar refractivity (Wildman–Crippen MR) is 57.4 cm³/mol. The first-order chi connectivity index (χ1) is 6.69. The van der Waals surface area contributed by atoms with Gasteiger partial charge in [-0.05, 0) is 25.8 Å². The van der Waals surface area contributed by atoms with Gasteiger partial charge in [-0.1, -0.05) is 6.08 Å². The van der Waals surface area contributed by atoms with Crippen LogP contribution < -0.4 is 11.3 Å². The molecule has 78 valence electrons. The molecule has 0 aliphatic carbocycles. The second-order valence-electron chi connectivity index (χ2n) is 3.42. The topological polar surface area (TPSA) is 55.9 Å². The number of rotatable bonds is 5. The third kappa shape index (κ3) is 2.43. The molecule has 1 aromatic rings. The van der Waals surface area contributed by atoms with Crippen molar-refractivity contribution in [1.29, 1.82) is 0 Å². The lowest BCUT2D eigenvalue weighted by molar-refractivity contribution is 0.484. The zero-order chi connectivity index (χ0) is 10.6. The molecule has 14 heavy (non-hydrogen) atoms. The van der Waals surface area contributed by atoms with Gasteiger partial charge in [0.25, 0.3) is 0 Å². The van der Waals surface area contributed by atoms with Crippen molar-refractivity contribution >= 4 is 0 Å². The molecule has 0 aliphatic heterocycles. The first kappa shape index (κ1) is 10.9. The van der Waals surface area contributed by atoms with Crippen LogP contribution in [0.25, 0.3) is 0 Å². The van der Waals surface area contributed by atoms with Crippen molar-refractivity contribution < 1.29 is 0 Å². The molecule has 3 N–H and O–H groups in total. The Balaban J connectivity index is 2.77. The molecule has 0 aromatic carbocycles. The first-order valence-electron chi connectivity index (χ1n) is 4.76. The molecule has 1 unspecified atom stereocenters. The van der Waals surface area contributed by atoms with Crippen LogP contribution in [-0.4, -0.2) is 9.78 Å². The average Bonchev–Trinajstić information content (AvgIpc) is 2.47. The molecule has 1 heterocycles. The first-order valence-corrected chi connectivity index (χ1v) is 4.76. The highest BCUT2D eigenvalue weighted by molar-refractivity contribution is 5.12. The maximum atomic E-state index is 5.50. The smallest absolute Gasteiger partial charge is 0.0632 e. The molecule has 0 saturated carbocycles. The van der Waals surface area contributed by atoms with Crippen LogP contribution in [0, 0.1) is 6.92 Å². The highest BCUT2D eigenvalue weighted by atomic mass is 15.3. The van der Waals surface area contributed by atoms with Gasteiger partial charge in [0.2, 0.25) is 0 Å². The molecule has 0 aliphatic rings. The molecule has 0 spiro atoms. The van der Waals surface area contributed by atoms with E-state index in [1.807, 2.05) is 30.8 Å². The minimum Gasteiger partial charge on any atom is -0.271 e. The van der Waals surface area contributed by atoms with Crippen LogP contribution in [0.15, 0.2) is 18.7 Å². The predicted octanol–water partition coefficient (Wildman–Crippen LogP) is 1.20. The van der Waals surface area contributed by atoms with Crippen LogP contribution >= 0.6 is 0 Å². The number of hydrogen-bond acceptors (Lipinski definition) is 3. The van der Waals surface area contributed by atoms with Gasteiger partial charge in [-0.2, -0.15) is 5.10 Å². The highest BCUT2D eigenvalue weighted by Gasteiger charge is 2.13. The Morgan fingerprint density at radius 2 is 2.50 bits per heavy atom. The Labute approximate surface area is 84.8 Å². The van der Waals surface area contributed by atoms with Crippen LogP contribution in [0.2, 0.25) is 0 Å². The van der Waals surface area contributed by atoms with E-state index in [9.17, 15) is 0 Å². The van der Waals surface area contributed by atoms with E-state index in [1.165, 1.54) is 0 Å². The third-order valence-electron chi connectivity index (χ3n) is 2.26. The van der Waals surface area contributed by atoms with Gasteiger partial charge < -0.3 is 0 Å². The quantitative estimate of drug-likeness (QED) is 0.420.